The molecule has 4 heterocycles. The van der Waals surface area contributed by atoms with Crippen LogP contribution in [0.2, 0.25) is 0 Å². The molecule has 4 aliphatic heterocycles. The van der Waals surface area contributed by atoms with Crippen LogP contribution in [-0.2, 0) is 9.53 Å². The number of carbonyl (C=O) groups excluding carboxylic acids is 1. The minimum Gasteiger partial charge on any atom is -0.443 e. The molecular formula is C28H35N7O2. The van der Waals surface area contributed by atoms with Crippen molar-refractivity contribution < 1.29 is 9.53 Å². The van der Waals surface area contributed by atoms with E-state index in [1.165, 1.54) is 45.3 Å². The lowest BCUT2D eigenvalue weighted by molar-refractivity contribution is -0.117. The number of benzodiazepines with no additional fused rings is 1. The number of rotatable bonds is 5. The fourth-order valence-electron chi connectivity index (χ4n) is 5.94. The third-order valence-corrected chi connectivity index (χ3v) is 7.87. The Hall–Kier alpha value is -3.27. The van der Waals surface area contributed by atoms with Crippen LogP contribution in [0.3, 0.4) is 0 Å². The van der Waals surface area contributed by atoms with Crippen LogP contribution < -0.4 is 16.2 Å². The molecule has 9 nitrogen and oxygen atoms in total. The molecule has 0 bridgehead atoms. The Morgan fingerprint density at radius 1 is 1.03 bits per heavy atom. The lowest BCUT2D eigenvalue weighted by Gasteiger charge is -2.38. The molecule has 37 heavy (non-hydrogen) atoms. The summed E-state index contributed by atoms with van der Waals surface area (Å²) >= 11 is 0. The Morgan fingerprint density at radius 2 is 1.81 bits per heavy atom. The van der Waals surface area contributed by atoms with Crippen molar-refractivity contribution in [3.8, 4) is 0 Å². The zero-order valence-corrected chi connectivity index (χ0v) is 21.3. The molecule has 0 spiro atoms. The number of likely N-dealkylation sites (tertiary alicyclic amines) is 2. The first-order valence-corrected chi connectivity index (χ1v) is 13.4. The molecule has 2 aromatic carbocycles. The maximum atomic E-state index is 13.1. The second kappa shape index (κ2) is 10.6. The van der Waals surface area contributed by atoms with Crippen molar-refractivity contribution in [2.45, 2.75) is 56.6 Å². The first kappa shape index (κ1) is 24.1. The maximum absolute atomic E-state index is 13.1. The molecule has 3 saturated heterocycles. The molecule has 1 amide bonds. The first-order valence-electron chi connectivity index (χ1n) is 13.4. The van der Waals surface area contributed by atoms with Crippen LogP contribution in [0.15, 0.2) is 64.6 Å². The van der Waals surface area contributed by atoms with Gasteiger partial charge in [-0.15, -0.1) is 0 Å². The topological polar surface area (TPSA) is 93.6 Å². The summed E-state index contributed by atoms with van der Waals surface area (Å²) in [5.74, 6) is -0.288. The van der Waals surface area contributed by atoms with Crippen molar-refractivity contribution in [3.63, 3.8) is 0 Å². The number of carbonyl (C=O) groups is 1. The van der Waals surface area contributed by atoms with Crippen LogP contribution in [0.1, 0.15) is 43.2 Å². The van der Waals surface area contributed by atoms with E-state index in [4.69, 9.17) is 9.73 Å². The summed E-state index contributed by atoms with van der Waals surface area (Å²) in [5, 5.41) is 2.99. The molecule has 4 aliphatic rings. The number of piperidine rings is 1. The molecule has 3 fully saturated rings. The van der Waals surface area contributed by atoms with E-state index in [9.17, 15) is 4.79 Å². The molecule has 3 atom stereocenters. The zero-order chi connectivity index (χ0) is 25.2. The lowest BCUT2D eigenvalue weighted by atomic mass is 10.0. The van der Waals surface area contributed by atoms with Gasteiger partial charge in [0.1, 0.15) is 0 Å². The van der Waals surface area contributed by atoms with Crippen molar-refractivity contribution in [2.24, 2.45) is 9.98 Å². The number of aliphatic imine (C=N–C) groups is 2. The fourth-order valence-corrected chi connectivity index (χ4v) is 5.94. The summed E-state index contributed by atoms with van der Waals surface area (Å²) in [6.45, 7) is 3.51. The van der Waals surface area contributed by atoms with Gasteiger partial charge in [0.2, 0.25) is 6.17 Å². The van der Waals surface area contributed by atoms with Gasteiger partial charge < -0.3 is 15.0 Å². The number of nitrogens with one attached hydrogen (secondary N) is 3. The van der Waals surface area contributed by atoms with Gasteiger partial charge in [0.15, 0.2) is 6.23 Å². The molecule has 2 unspecified atom stereocenters. The molecule has 6 rings (SSSR count). The second-order valence-corrected chi connectivity index (χ2v) is 10.4. The molecular weight excluding hydrogens is 466 g/mol. The fraction of sp³-hybridized carbons (Fsp3) is 0.464. The van der Waals surface area contributed by atoms with Gasteiger partial charge in [0.25, 0.3) is 5.91 Å². The van der Waals surface area contributed by atoms with E-state index in [0.29, 0.717) is 18.1 Å². The molecule has 0 saturated carbocycles. The van der Waals surface area contributed by atoms with E-state index in [1.807, 2.05) is 54.6 Å². The summed E-state index contributed by atoms with van der Waals surface area (Å²) < 4.78 is 6.13. The molecule has 0 aromatic heterocycles. The summed E-state index contributed by atoms with van der Waals surface area (Å²) in [7, 11) is 2.21. The van der Waals surface area contributed by atoms with Gasteiger partial charge in [0, 0.05) is 29.6 Å². The Labute approximate surface area is 218 Å². The SMILES string of the molecule is CN1CCC(N2CCC[C@H]2CC2NN/C(=N\C3N=C(c4ccccc4)c4ccccc4NC3=O)O2)CC1. The largest absolute Gasteiger partial charge is 0.443 e. The van der Waals surface area contributed by atoms with Gasteiger partial charge in [0.05, 0.1) is 11.4 Å². The molecule has 0 radical (unpaired) electrons. The highest BCUT2D eigenvalue weighted by molar-refractivity contribution is 6.19. The highest BCUT2D eigenvalue weighted by Gasteiger charge is 2.36. The quantitative estimate of drug-likeness (QED) is 0.583. The van der Waals surface area contributed by atoms with Crippen LogP contribution in [0.5, 0.6) is 0 Å². The van der Waals surface area contributed by atoms with Gasteiger partial charge in [-0.3, -0.25) is 15.1 Å². The van der Waals surface area contributed by atoms with Crippen LogP contribution in [-0.4, -0.2) is 78.6 Å². The maximum Gasteiger partial charge on any atom is 0.303 e. The summed E-state index contributed by atoms with van der Waals surface area (Å²) in [5.41, 5.74) is 9.53. The van der Waals surface area contributed by atoms with Gasteiger partial charge in [-0.2, -0.15) is 10.4 Å². The first-order chi connectivity index (χ1) is 18.1. The van der Waals surface area contributed by atoms with Crippen LogP contribution in [0.25, 0.3) is 0 Å². The number of nitrogens with zero attached hydrogens (tertiary/aromatic N) is 4. The summed E-state index contributed by atoms with van der Waals surface area (Å²) in [6, 6.07) is 19.1. The molecule has 3 N–H and O–H groups in total. The normalized spacial score (nSPS) is 28.2. The average Bonchev–Trinajstić information content (AvgIpc) is 3.54. The third kappa shape index (κ3) is 5.25. The number of hydrogen-bond acceptors (Lipinski definition) is 7. The van der Waals surface area contributed by atoms with Gasteiger partial charge in [-0.05, 0) is 58.4 Å². The van der Waals surface area contributed by atoms with E-state index in [1.54, 1.807) is 0 Å². The number of ether oxygens (including phenoxy) is 1. The Balaban J connectivity index is 1.17. The molecule has 9 heteroatoms. The molecule has 0 aliphatic carbocycles. The number of amidine groups is 1. The number of benzene rings is 2. The second-order valence-electron chi connectivity index (χ2n) is 10.4. The number of hydrazine groups is 1. The third-order valence-electron chi connectivity index (χ3n) is 7.87. The highest BCUT2D eigenvalue weighted by Crippen LogP contribution is 2.29. The van der Waals surface area contributed by atoms with Crippen molar-refractivity contribution in [2.75, 3.05) is 32.0 Å². The van der Waals surface area contributed by atoms with E-state index < -0.39 is 6.17 Å². The van der Waals surface area contributed by atoms with Crippen molar-refractivity contribution in [1.82, 2.24) is 20.7 Å². The predicted molar refractivity (Wildman–Crippen MR) is 144 cm³/mol. The number of hydrogen-bond donors (Lipinski definition) is 3. The number of amides is 1. The Kier molecular flexibility index (Phi) is 6.91. The zero-order valence-electron chi connectivity index (χ0n) is 21.3. The Morgan fingerprint density at radius 3 is 2.65 bits per heavy atom. The monoisotopic (exact) mass is 501 g/mol. The summed E-state index contributed by atoms with van der Waals surface area (Å²) in [4.78, 5) is 27.6. The number of fused-ring (bicyclic) bond motifs is 1. The standard InChI is InChI=1S/C28H35N7O2/c1-34-16-13-20(14-17-34)35-15-7-10-21(35)18-24-32-33-28(37-24)31-26-27(36)29-23-12-6-5-11-22(23)25(30-26)19-8-3-2-4-9-19/h2-6,8-9,11-12,20-21,24,26,32H,7,10,13-18H2,1H3,(H,29,36)(H,31,33)/t21-,24?,26?/m0/s1. The minimum atomic E-state index is -0.965. The molecule has 2 aromatic rings. The van der Waals surface area contributed by atoms with Gasteiger partial charge in [-0.25, -0.2) is 4.99 Å². The van der Waals surface area contributed by atoms with Crippen LogP contribution in [0.4, 0.5) is 5.69 Å². The van der Waals surface area contributed by atoms with Gasteiger partial charge in [-0.1, -0.05) is 48.5 Å². The van der Waals surface area contributed by atoms with E-state index in [2.05, 4.69) is 38.0 Å². The lowest BCUT2D eigenvalue weighted by Crippen LogP contribution is -2.47. The van der Waals surface area contributed by atoms with E-state index in [-0.39, 0.29) is 12.1 Å². The Bertz CT molecular complexity index is 1180. The van der Waals surface area contributed by atoms with Gasteiger partial charge >= 0.3 is 6.02 Å². The molecule has 194 valence electrons. The smallest absolute Gasteiger partial charge is 0.303 e. The van der Waals surface area contributed by atoms with Crippen molar-refractivity contribution in [3.05, 3.63) is 65.7 Å². The van der Waals surface area contributed by atoms with Crippen molar-refractivity contribution in [1.29, 1.82) is 0 Å². The summed E-state index contributed by atoms with van der Waals surface area (Å²) in [6.07, 6.45) is 4.60. The van der Waals surface area contributed by atoms with E-state index in [0.717, 1.165) is 28.9 Å². The van der Waals surface area contributed by atoms with Crippen molar-refractivity contribution >= 4 is 23.3 Å². The average molecular weight is 502 g/mol. The number of para-hydroxylation sites is 1. The van der Waals surface area contributed by atoms with Crippen LogP contribution in [0, 0.1) is 0 Å². The highest BCUT2D eigenvalue weighted by atomic mass is 16.5. The van der Waals surface area contributed by atoms with Crippen LogP contribution >= 0.6 is 0 Å². The predicted octanol–water partition coefficient (Wildman–Crippen LogP) is 2.56. The van der Waals surface area contributed by atoms with E-state index >= 15 is 0 Å². The number of anilines is 1. The minimum absolute atomic E-state index is 0.195.